The first-order valence-corrected chi connectivity index (χ1v) is 8.89. The number of nitrogens with two attached hydrogens (primary N) is 1. The molecule has 1 rings (SSSR count). The van der Waals surface area contributed by atoms with E-state index in [4.69, 9.17) is 15.2 Å². The SMILES string of the molecule is CCOc1ccc(C(N)C(C)(C)S(C)(=O)=O)cc1OCC. The molecule has 0 spiro atoms. The molecule has 0 bridgehead atoms. The van der Waals surface area contributed by atoms with Crippen LogP contribution in [0.5, 0.6) is 11.5 Å². The van der Waals surface area contributed by atoms with Crippen LogP contribution in [0, 0.1) is 0 Å². The van der Waals surface area contributed by atoms with Crippen molar-refractivity contribution >= 4 is 9.84 Å². The second-order valence-electron chi connectivity index (χ2n) is 5.43. The number of hydrogen-bond donors (Lipinski definition) is 1. The maximum atomic E-state index is 11.9. The number of sulfone groups is 1. The Balaban J connectivity index is 3.22. The molecule has 0 saturated heterocycles. The molecule has 0 aliphatic carbocycles. The van der Waals surface area contributed by atoms with Crippen LogP contribution in [0.1, 0.15) is 39.3 Å². The first-order valence-electron chi connectivity index (χ1n) is 6.99. The Morgan fingerprint density at radius 1 is 1.14 bits per heavy atom. The van der Waals surface area contributed by atoms with E-state index < -0.39 is 20.6 Å². The van der Waals surface area contributed by atoms with Gasteiger partial charge in [-0.15, -0.1) is 0 Å². The highest BCUT2D eigenvalue weighted by Crippen LogP contribution is 2.35. The summed E-state index contributed by atoms with van der Waals surface area (Å²) >= 11 is 0. The average molecular weight is 315 g/mol. The van der Waals surface area contributed by atoms with Crippen molar-refractivity contribution in [2.45, 2.75) is 38.5 Å². The van der Waals surface area contributed by atoms with Gasteiger partial charge in [-0.05, 0) is 45.4 Å². The summed E-state index contributed by atoms with van der Waals surface area (Å²) in [6.07, 6.45) is 1.20. The lowest BCUT2D eigenvalue weighted by Gasteiger charge is -2.30. The van der Waals surface area contributed by atoms with Gasteiger partial charge in [0.25, 0.3) is 0 Å². The monoisotopic (exact) mass is 315 g/mol. The molecular formula is C15H25NO4S. The van der Waals surface area contributed by atoms with Gasteiger partial charge in [0.05, 0.1) is 18.0 Å². The summed E-state index contributed by atoms with van der Waals surface area (Å²) in [5.41, 5.74) is 6.88. The van der Waals surface area contributed by atoms with Crippen molar-refractivity contribution in [3.8, 4) is 11.5 Å². The van der Waals surface area contributed by atoms with Crippen molar-refractivity contribution in [2.75, 3.05) is 19.5 Å². The minimum Gasteiger partial charge on any atom is -0.490 e. The zero-order valence-corrected chi connectivity index (χ0v) is 14.2. The number of ether oxygens (including phenoxy) is 2. The molecule has 1 unspecified atom stereocenters. The van der Waals surface area contributed by atoms with E-state index in [1.54, 1.807) is 32.0 Å². The molecule has 6 heteroatoms. The highest BCUT2D eigenvalue weighted by atomic mass is 32.2. The van der Waals surface area contributed by atoms with Crippen LogP contribution in [0.3, 0.4) is 0 Å². The molecule has 0 heterocycles. The third-order valence-corrected chi connectivity index (χ3v) is 5.80. The maximum Gasteiger partial charge on any atom is 0.161 e. The molecule has 0 amide bonds. The second kappa shape index (κ2) is 6.66. The number of rotatable bonds is 7. The molecule has 0 saturated carbocycles. The fraction of sp³-hybridized carbons (Fsp3) is 0.600. The number of benzene rings is 1. The standard InChI is InChI=1S/C15H25NO4S/c1-6-19-12-9-8-11(10-13(12)20-7-2)14(16)15(3,4)21(5,17)18/h8-10,14H,6-7,16H2,1-5H3. The molecule has 0 fully saturated rings. The molecule has 21 heavy (non-hydrogen) atoms. The first kappa shape index (κ1) is 17.8. The van der Waals surface area contributed by atoms with Gasteiger partial charge in [0, 0.05) is 12.3 Å². The molecule has 1 aromatic carbocycles. The average Bonchev–Trinajstić information content (AvgIpc) is 2.39. The smallest absolute Gasteiger partial charge is 0.161 e. The molecule has 5 nitrogen and oxygen atoms in total. The molecule has 1 atom stereocenters. The molecular weight excluding hydrogens is 290 g/mol. The van der Waals surface area contributed by atoms with Crippen molar-refractivity contribution in [1.29, 1.82) is 0 Å². The Kier molecular flexibility index (Phi) is 5.64. The Morgan fingerprint density at radius 2 is 1.67 bits per heavy atom. The predicted molar refractivity (Wildman–Crippen MR) is 84.6 cm³/mol. The van der Waals surface area contributed by atoms with E-state index >= 15 is 0 Å². The van der Waals surface area contributed by atoms with Gasteiger partial charge in [0.15, 0.2) is 21.3 Å². The van der Waals surface area contributed by atoms with Crippen molar-refractivity contribution in [3.05, 3.63) is 23.8 Å². The van der Waals surface area contributed by atoms with Crippen LogP contribution >= 0.6 is 0 Å². The van der Waals surface area contributed by atoms with Gasteiger partial charge in [-0.2, -0.15) is 0 Å². The number of hydrogen-bond acceptors (Lipinski definition) is 5. The van der Waals surface area contributed by atoms with Crippen LogP contribution < -0.4 is 15.2 Å². The second-order valence-corrected chi connectivity index (χ2v) is 8.02. The van der Waals surface area contributed by atoms with Crippen LogP contribution in [0.15, 0.2) is 18.2 Å². The van der Waals surface area contributed by atoms with Gasteiger partial charge in [0.2, 0.25) is 0 Å². The molecule has 0 radical (unpaired) electrons. The lowest BCUT2D eigenvalue weighted by Crippen LogP contribution is -2.42. The summed E-state index contributed by atoms with van der Waals surface area (Å²) < 4.78 is 33.8. The normalized spacial score (nSPS) is 13.8. The van der Waals surface area contributed by atoms with Crippen LogP contribution in [-0.4, -0.2) is 32.6 Å². The zero-order chi connectivity index (χ0) is 16.3. The van der Waals surface area contributed by atoms with Crippen molar-refractivity contribution in [3.63, 3.8) is 0 Å². The third kappa shape index (κ3) is 3.89. The van der Waals surface area contributed by atoms with Crippen molar-refractivity contribution in [2.24, 2.45) is 5.73 Å². The van der Waals surface area contributed by atoms with Crippen LogP contribution in [-0.2, 0) is 9.84 Å². The summed E-state index contributed by atoms with van der Waals surface area (Å²) in [5, 5.41) is 0. The van der Waals surface area contributed by atoms with E-state index in [-0.39, 0.29) is 0 Å². The summed E-state index contributed by atoms with van der Waals surface area (Å²) in [7, 11) is -3.29. The Labute approximate surface area is 127 Å². The topological polar surface area (TPSA) is 78.6 Å². The summed E-state index contributed by atoms with van der Waals surface area (Å²) in [4.78, 5) is 0. The third-order valence-electron chi connectivity index (χ3n) is 3.63. The molecule has 0 aromatic heterocycles. The highest BCUT2D eigenvalue weighted by molar-refractivity contribution is 7.92. The molecule has 120 valence electrons. The van der Waals surface area contributed by atoms with E-state index in [1.807, 2.05) is 13.8 Å². The largest absolute Gasteiger partial charge is 0.490 e. The van der Waals surface area contributed by atoms with E-state index in [9.17, 15) is 8.42 Å². The fourth-order valence-corrected chi connectivity index (χ4v) is 2.49. The van der Waals surface area contributed by atoms with E-state index in [1.165, 1.54) is 6.26 Å². The Morgan fingerprint density at radius 3 is 2.14 bits per heavy atom. The van der Waals surface area contributed by atoms with E-state index in [2.05, 4.69) is 0 Å². The zero-order valence-electron chi connectivity index (χ0n) is 13.3. The Bertz CT molecular complexity index is 581. The van der Waals surface area contributed by atoms with Gasteiger partial charge in [-0.25, -0.2) is 8.42 Å². The predicted octanol–water partition coefficient (Wildman–Crippen LogP) is 2.31. The molecule has 0 aliphatic rings. The van der Waals surface area contributed by atoms with Gasteiger partial charge in [-0.3, -0.25) is 0 Å². The lowest BCUT2D eigenvalue weighted by molar-refractivity contribution is 0.287. The molecule has 2 N–H and O–H groups in total. The summed E-state index contributed by atoms with van der Waals surface area (Å²) in [6, 6.07) is 4.65. The quantitative estimate of drug-likeness (QED) is 0.835. The minimum atomic E-state index is -3.29. The minimum absolute atomic E-state index is 0.494. The van der Waals surface area contributed by atoms with E-state index in [0.717, 1.165) is 0 Å². The molecule has 0 aliphatic heterocycles. The van der Waals surface area contributed by atoms with Crippen LogP contribution in [0.25, 0.3) is 0 Å². The lowest BCUT2D eigenvalue weighted by atomic mass is 9.96. The summed E-state index contributed by atoms with van der Waals surface area (Å²) in [6.45, 7) is 8.05. The maximum absolute atomic E-state index is 11.9. The Hall–Kier alpha value is -1.27. The van der Waals surface area contributed by atoms with Crippen molar-refractivity contribution in [1.82, 2.24) is 0 Å². The highest BCUT2D eigenvalue weighted by Gasteiger charge is 2.38. The van der Waals surface area contributed by atoms with Crippen molar-refractivity contribution < 1.29 is 17.9 Å². The van der Waals surface area contributed by atoms with Crippen LogP contribution in [0.4, 0.5) is 0 Å². The molecule has 1 aromatic rings. The summed E-state index contributed by atoms with van der Waals surface area (Å²) in [5.74, 6) is 1.21. The van der Waals surface area contributed by atoms with Gasteiger partial charge in [-0.1, -0.05) is 6.07 Å². The van der Waals surface area contributed by atoms with Gasteiger partial charge >= 0.3 is 0 Å². The fourth-order valence-electron chi connectivity index (χ4n) is 1.89. The first-order chi connectivity index (χ1) is 9.65. The van der Waals surface area contributed by atoms with Crippen LogP contribution in [0.2, 0.25) is 0 Å². The van der Waals surface area contributed by atoms with E-state index in [0.29, 0.717) is 30.3 Å². The van der Waals surface area contributed by atoms with Gasteiger partial charge < -0.3 is 15.2 Å². The van der Waals surface area contributed by atoms with Gasteiger partial charge in [0.1, 0.15) is 0 Å².